The van der Waals surface area contributed by atoms with Crippen molar-refractivity contribution in [2.24, 2.45) is 0 Å². The Morgan fingerprint density at radius 1 is 1.20 bits per heavy atom. The maximum atomic E-state index is 11.5. The average molecular weight is 204 g/mol. The lowest BCUT2D eigenvalue weighted by Gasteiger charge is -1.97. The maximum absolute atomic E-state index is 11.5. The zero-order chi connectivity index (χ0) is 11.4. The van der Waals surface area contributed by atoms with E-state index in [0.29, 0.717) is 5.56 Å². The second-order valence-electron chi connectivity index (χ2n) is 3.36. The number of carboxylic acid groups (broad SMARTS) is 1. The van der Waals surface area contributed by atoms with Crippen LogP contribution in [0.15, 0.2) is 35.9 Å². The first kappa shape index (κ1) is 11.2. The summed E-state index contributed by atoms with van der Waals surface area (Å²) in [6.07, 6.45) is 1.13. The number of allylic oxidation sites excluding steroid dienone is 1. The fourth-order valence-corrected chi connectivity index (χ4v) is 1.06. The van der Waals surface area contributed by atoms with Crippen LogP contribution in [0.2, 0.25) is 0 Å². The van der Waals surface area contributed by atoms with Gasteiger partial charge in [0.1, 0.15) is 0 Å². The van der Waals surface area contributed by atoms with E-state index in [0.717, 1.165) is 11.6 Å². The predicted molar refractivity (Wildman–Crippen MR) is 56.9 cm³/mol. The molecule has 1 N–H and O–H groups in total. The van der Waals surface area contributed by atoms with E-state index in [4.69, 9.17) is 5.11 Å². The third-order valence-electron chi connectivity index (χ3n) is 2.02. The average Bonchev–Trinajstić information content (AvgIpc) is 2.18. The molecule has 0 saturated heterocycles. The van der Waals surface area contributed by atoms with E-state index in [9.17, 15) is 9.59 Å². The van der Waals surface area contributed by atoms with Gasteiger partial charge in [0, 0.05) is 11.1 Å². The van der Waals surface area contributed by atoms with Crippen LogP contribution < -0.4 is 0 Å². The van der Waals surface area contributed by atoms with Gasteiger partial charge in [-0.3, -0.25) is 4.79 Å². The minimum atomic E-state index is -1.07. The van der Waals surface area contributed by atoms with Gasteiger partial charge in [-0.15, -0.1) is 0 Å². The van der Waals surface area contributed by atoms with E-state index >= 15 is 0 Å². The molecule has 0 unspecified atom stereocenters. The molecule has 0 aliphatic heterocycles. The molecule has 1 rings (SSSR count). The number of rotatable bonds is 3. The lowest BCUT2D eigenvalue weighted by atomic mass is 10.1. The molecule has 0 aliphatic carbocycles. The van der Waals surface area contributed by atoms with Crippen molar-refractivity contribution in [3.63, 3.8) is 0 Å². The Hall–Kier alpha value is -1.90. The molecule has 0 bridgehead atoms. The van der Waals surface area contributed by atoms with Crippen molar-refractivity contribution in [3.8, 4) is 0 Å². The van der Waals surface area contributed by atoms with Gasteiger partial charge in [-0.2, -0.15) is 0 Å². The second kappa shape index (κ2) is 4.55. The van der Waals surface area contributed by atoms with Crippen LogP contribution in [0.1, 0.15) is 22.8 Å². The first-order valence-corrected chi connectivity index (χ1v) is 4.53. The van der Waals surface area contributed by atoms with Gasteiger partial charge in [0.15, 0.2) is 5.78 Å². The summed E-state index contributed by atoms with van der Waals surface area (Å²) in [6, 6.07) is 7.00. The lowest BCUT2D eigenvalue weighted by Crippen LogP contribution is -2.01. The number of aryl methyl sites for hydroxylation is 1. The number of hydrogen-bond acceptors (Lipinski definition) is 2. The molecular formula is C12H12O3. The Morgan fingerprint density at radius 3 is 2.20 bits per heavy atom. The number of carbonyl (C=O) groups is 2. The summed E-state index contributed by atoms with van der Waals surface area (Å²) < 4.78 is 0. The Kier molecular flexibility index (Phi) is 3.39. The van der Waals surface area contributed by atoms with Crippen molar-refractivity contribution in [1.29, 1.82) is 0 Å². The largest absolute Gasteiger partial charge is 0.478 e. The van der Waals surface area contributed by atoms with Gasteiger partial charge in [-0.1, -0.05) is 29.8 Å². The first-order chi connectivity index (χ1) is 7.00. The molecule has 15 heavy (non-hydrogen) atoms. The smallest absolute Gasteiger partial charge is 0.331 e. The third kappa shape index (κ3) is 3.06. The zero-order valence-corrected chi connectivity index (χ0v) is 8.65. The van der Waals surface area contributed by atoms with Gasteiger partial charge in [-0.05, 0) is 19.9 Å². The van der Waals surface area contributed by atoms with Crippen molar-refractivity contribution in [3.05, 3.63) is 47.0 Å². The van der Waals surface area contributed by atoms with Gasteiger partial charge in [0.25, 0.3) is 0 Å². The summed E-state index contributed by atoms with van der Waals surface area (Å²) >= 11 is 0. The zero-order valence-electron chi connectivity index (χ0n) is 8.65. The number of carbonyl (C=O) groups excluding carboxylic acids is 1. The molecule has 1 aromatic carbocycles. The van der Waals surface area contributed by atoms with Crippen molar-refractivity contribution >= 4 is 11.8 Å². The minimum Gasteiger partial charge on any atom is -0.478 e. The predicted octanol–water partition coefficient (Wildman–Crippen LogP) is 2.21. The topological polar surface area (TPSA) is 54.4 Å². The van der Waals surface area contributed by atoms with Crippen molar-refractivity contribution < 1.29 is 14.7 Å². The molecule has 3 nitrogen and oxygen atoms in total. The van der Waals surface area contributed by atoms with Crippen LogP contribution in [0.25, 0.3) is 0 Å². The molecule has 0 radical (unpaired) electrons. The molecule has 0 atom stereocenters. The summed E-state index contributed by atoms with van der Waals surface area (Å²) in [4.78, 5) is 22.0. The molecular weight excluding hydrogens is 192 g/mol. The molecule has 0 aliphatic rings. The molecule has 1 aromatic rings. The molecule has 0 saturated carbocycles. The number of benzene rings is 1. The summed E-state index contributed by atoms with van der Waals surface area (Å²) in [7, 11) is 0. The maximum Gasteiger partial charge on any atom is 0.331 e. The standard InChI is InChI=1S/C12H12O3/c1-8-3-5-10(6-4-8)11(13)7-9(2)12(14)15/h3-7H,1-2H3,(H,14,15)/b9-7+. The normalized spacial score (nSPS) is 11.2. The molecule has 0 aromatic heterocycles. The van der Waals surface area contributed by atoms with Crippen molar-refractivity contribution in [2.75, 3.05) is 0 Å². The third-order valence-corrected chi connectivity index (χ3v) is 2.02. The summed E-state index contributed by atoms with van der Waals surface area (Å²) in [6.45, 7) is 3.32. The molecule has 0 amide bonds. The van der Waals surface area contributed by atoms with Gasteiger partial charge < -0.3 is 5.11 Å². The fourth-order valence-electron chi connectivity index (χ4n) is 1.06. The van der Waals surface area contributed by atoms with E-state index in [2.05, 4.69) is 0 Å². The van der Waals surface area contributed by atoms with Crippen molar-refractivity contribution in [1.82, 2.24) is 0 Å². The van der Waals surface area contributed by atoms with Crippen LogP contribution in [-0.4, -0.2) is 16.9 Å². The number of hydrogen-bond donors (Lipinski definition) is 1. The minimum absolute atomic E-state index is 0.0422. The van der Waals surface area contributed by atoms with Crippen LogP contribution in [0, 0.1) is 6.92 Å². The molecule has 3 heteroatoms. The Balaban J connectivity index is 2.91. The van der Waals surface area contributed by atoms with Crippen LogP contribution in [0.3, 0.4) is 0 Å². The fraction of sp³-hybridized carbons (Fsp3) is 0.167. The quantitative estimate of drug-likeness (QED) is 0.606. The Labute approximate surface area is 88.0 Å². The van der Waals surface area contributed by atoms with Gasteiger partial charge >= 0.3 is 5.97 Å². The summed E-state index contributed by atoms with van der Waals surface area (Å²) in [5, 5.41) is 8.60. The van der Waals surface area contributed by atoms with Crippen LogP contribution in [-0.2, 0) is 4.79 Å². The van der Waals surface area contributed by atoms with Gasteiger partial charge in [0.2, 0.25) is 0 Å². The van der Waals surface area contributed by atoms with Crippen molar-refractivity contribution in [2.45, 2.75) is 13.8 Å². The van der Waals surface area contributed by atoms with Crippen LogP contribution in [0.5, 0.6) is 0 Å². The molecule has 0 heterocycles. The Bertz CT molecular complexity index is 413. The monoisotopic (exact) mass is 204 g/mol. The SMILES string of the molecule is C/C(=C\C(=O)c1ccc(C)cc1)C(=O)O. The number of aliphatic carboxylic acids is 1. The number of ketones is 1. The first-order valence-electron chi connectivity index (χ1n) is 4.53. The highest BCUT2D eigenvalue weighted by Gasteiger charge is 2.06. The molecule has 78 valence electrons. The van der Waals surface area contributed by atoms with E-state index in [1.807, 2.05) is 19.1 Å². The van der Waals surface area contributed by atoms with E-state index in [1.54, 1.807) is 12.1 Å². The Morgan fingerprint density at radius 2 is 1.73 bits per heavy atom. The van der Waals surface area contributed by atoms with Gasteiger partial charge in [-0.25, -0.2) is 4.79 Å². The summed E-state index contributed by atoms with van der Waals surface area (Å²) in [5.41, 5.74) is 1.60. The van der Waals surface area contributed by atoms with E-state index in [-0.39, 0.29) is 11.4 Å². The second-order valence-corrected chi connectivity index (χ2v) is 3.36. The summed E-state index contributed by atoms with van der Waals surface area (Å²) in [5.74, 6) is -1.36. The van der Waals surface area contributed by atoms with E-state index < -0.39 is 5.97 Å². The molecule has 0 fully saturated rings. The molecule has 0 spiro atoms. The van der Waals surface area contributed by atoms with E-state index in [1.165, 1.54) is 6.92 Å². The highest BCUT2D eigenvalue weighted by atomic mass is 16.4. The van der Waals surface area contributed by atoms with Crippen LogP contribution >= 0.6 is 0 Å². The number of carboxylic acids is 1. The van der Waals surface area contributed by atoms with Gasteiger partial charge in [0.05, 0.1) is 0 Å². The highest BCUT2D eigenvalue weighted by Crippen LogP contribution is 2.06. The van der Waals surface area contributed by atoms with Crippen LogP contribution in [0.4, 0.5) is 0 Å². The highest BCUT2D eigenvalue weighted by molar-refractivity contribution is 6.08. The lowest BCUT2D eigenvalue weighted by molar-refractivity contribution is -0.132.